The van der Waals surface area contributed by atoms with Gasteiger partial charge in [0.05, 0.1) is 11.7 Å². The Balaban J connectivity index is 0.00000207. The predicted molar refractivity (Wildman–Crippen MR) is 180 cm³/mol. The number of rotatable bonds is 8. The summed E-state index contributed by atoms with van der Waals surface area (Å²) in [6, 6.07) is 36.4. The van der Waals surface area contributed by atoms with Gasteiger partial charge in [-0.2, -0.15) is 0 Å². The fraction of sp³-hybridized carbons (Fsp3) is 0.308. The van der Waals surface area contributed by atoms with Crippen LogP contribution in [0.3, 0.4) is 0 Å². The second-order valence-corrected chi connectivity index (χ2v) is 12.4. The van der Waals surface area contributed by atoms with E-state index in [-0.39, 0.29) is 0 Å². The summed E-state index contributed by atoms with van der Waals surface area (Å²) in [5, 5.41) is 0. The predicted octanol–water partition coefficient (Wildman–Crippen LogP) is 11.1. The monoisotopic (exact) mass is 638 g/mol. The molecule has 0 N–H and O–H groups in total. The molecule has 0 saturated heterocycles. The maximum atomic E-state index is 4.20. The third kappa shape index (κ3) is 6.75. The molecule has 1 heterocycles. The number of anilines is 1. The van der Waals surface area contributed by atoms with E-state index in [0.29, 0.717) is 23.7 Å². The van der Waals surface area contributed by atoms with Crippen LogP contribution in [0.2, 0.25) is 0 Å². The molecule has 4 aromatic carbocycles. The first-order valence-corrected chi connectivity index (χ1v) is 16.6. The van der Waals surface area contributed by atoms with Crippen LogP contribution in [0, 0.1) is 12.6 Å². The Hall–Kier alpha value is -2.97. The molecule has 228 valence electrons. The topological polar surface area (TPSA) is 6.25 Å². The van der Waals surface area contributed by atoms with Crippen molar-refractivity contribution in [1.29, 1.82) is 0 Å². The Bertz CT molecular complexity index is 1470. The number of hydrogen-bond donors (Lipinski definition) is 0. The zero-order valence-corrected chi connectivity index (χ0v) is 28.3. The van der Waals surface area contributed by atoms with Crippen LogP contribution >= 0.6 is 10.1 Å². The molecule has 0 fully saturated rings. The summed E-state index contributed by atoms with van der Waals surface area (Å²) >= 11 is 3.66. The molecule has 0 atom stereocenters. The van der Waals surface area contributed by atoms with Crippen LogP contribution < -0.4 is 4.90 Å². The molecule has 1 aliphatic heterocycles. The third-order valence-corrected chi connectivity index (χ3v) is 8.08. The average molecular weight is 640 g/mol. The van der Waals surface area contributed by atoms with E-state index in [1.165, 1.54) is 39.2 Å². The van der Waals surface area contributed by atoms with Crippen molar-refractivity contribution in [2.45, 2.75) is 79.1 Å². The fourth-order valence-corrected chi connectivity index (χ4v) is 5.97. The van der Waals surface area contributed by atoms with E-state index < -0.39 is 0 Å². The standard InChI is InChI=1S/C39H44N2.ClH.Cu/c1-26(2)32-21-15-22-33(27(3)4)37(32)40-25-36(30-17-11-9-12-18-30)41(39(40)31-19-13-10-14-20-31)38-34(28(5)6)23-16-24-35(38)29(7)8;;/h9-24,26-29H,1-8H3;1H;/q;;+1/p-1. The quantitative estimate of drug-likeness (QED) is 0.106. The van der Waals surface area contributed by atoms with Gasteiger partial charge in [-0.3, -0.25) is 4.58 Å². The van der Waals surface area contributed by atoms with Crippen molar-refractivity contribution in [3.63, 3.8) is 0 Å². The van der Waals surface area contributed by atoms with E-state index in [9.17, 15) is 0 Å². The van der Waals surface area contributed by atoms with Crippen LogP contribution in [-0.2, 0) is 15.1 Å². The van der Waals surface area contributed by atoms with Crippen molar-refractivity contribution in [2.24, 2.45) is 0 Å². The fourth-order valence-electron chi connectivity index (χ4n) is 5.97. The van der Waals surface area contributed by atoms with Gasteiger partial charge in [0.25, 0.3) is 0 Å². The van der Waals surface area contributed by atoms with E-state index >= 15 is 0 Å². The van der Waals surface area contributed by atoms with E-state index in [2.05, 4.69) is 194 Å². The van der Waals surface area contributed by atoms with Crippen LogP contribution in [0.15, 0.2) is 97.1 Å². The maximum absolute atomic E-state index is 4.20. The zero-order valence-electron chi connectivity index (χ0n) is 26.6. The third-order valence-electron chi connectivity index (χ3n) is 8.08. The van der Waals surface area contributed by atoms with Crippen molar-refractivity contribution in [3.8, 4) is 0 Å². The van der Waals surface area contributed by atoms with Crippen LogP contribution in [-0.4, -0.2) is 10.4 Å². The molecule has 0 saturated carbocycles. The molecule has 0 unspecified atom stereocenters. The van der Waals surface area contributed by atoms with Gasteiger partial charge in [-0.15, -0.1) is 12.1 Å². The van der Waals surface area contributed by atoms with Gasteiger partial charge in [-0.05, 0) is 34.8 Å². The zero-order chi connectivity index (χ0) is 31.3. The van der Waals surface area contributed by atoms with Gasteiger partial charge in [0, 0.05) is 16.7 Å². The normalized spacial score (nSPS) is 13.5. The molecule has 0 spiro atoms. The van der Waals surface area contributed by atoms with Gasteiger partial charge < -0.3 is 0 Å². The van der Waals surface area contributed by atoms with Gasteiger partial charge in [0.15, 0.2) is 0 Å². The molecular formula is C39H44ClCuN2. The Morgan fingerprint density at radius 2 is 1.00 bits per heavy atom. The molecule has 2 radical (unpaired) electrons. The summed E-state index contributed by atoms with van der Waals surface area (Å²) in [7, 11) is 4.20. The van der Waals surface area contributed by atoms with Gasteiger partial charge in [-0.25, -0.2) is 4.90 Å². The second-order valence-electron chi connectivity index (χ2n) is 12.4. The summed E-state index contributed by atoms with van der Waals surface area (Å²) in [4.78, 5) is 2.38. The molecular weight excluding hydrogens is 595 g/mol. The molecule has 0 aliphatic carbocycles. The van der Waals surface area contributed by atoms with Crippen molar-refractivity contribution >= 4 is 27.3 Å². The van der Waals surface area contributed by atoms with Gasteiger partial charge in [0.2, 0.25) is 12.4 Å². The van der Waals surface area contributed by atoms with E-state index in [4.69, 9.17) is 0 Å². The minimum absolute atomic E-state index is 0.362. The Morgan fingerprint density at radius 1 is 0.581 bits per heavy atom. The van der Waals surface area contributed by atoms with Crippen LogP contribution in [0.25, 0.3) is 0 Å². The van der Waals surface area contributed by atoms with E-state index in [0.717, 1.165) is 17.4 Å². The molecule has 4 aromatic rings. The SMILES string of the molecule is CC(C)c1cccc(C(C)C)c1N1[C][C-](c2ccccc2)[N+](c2c(C(C)C)cccc2C(C)C)=C1c1ccccc1.[Cl][Cu]. The molecule has 43 heavy (non-hydrogen) atoms. The van der Waals surface area contributed by atoms with Crippen LogP contribution in [0.4, 0.5) is 11.4 Å². The second kappa shape index (κ2) is 14.7. The Labute approximate surface area is 272 Å². The van der Waals surface area contributed by atoms with Crippen molar-refractivity contribution in [1.82, 2.24) is 0 Å². The number of para-hydroxylation sites is 2. The van der Waals surface area contributed by atoms with Crippen LogP contribution in [0.1, 0.15) is 112 Å². The first kappa shape index (κ1) is 32.9. The minimum atomic E-state index is 0.362. The summed E-state index contributed by atoms with van der Waals surface area (Å²) in [5.74, 6) is 2.59. The number of benzene rings is 4. The molecule has 0 aromatic heterocycles. The number of amidine groups is 1. The Morgan fingerprint density at radius 3 is 1.44 bits per heavy atom. The summed E-state index contributed by atoms with van der Waals surface area (Å²) < 4.78 is 2.51. The average Bonchev–Trinajstić information content (AvgIpc) is 3.42. The molecule has 4 heteroatoms. The van der Waals surface area contributed by atoms with Crippen LogP contribution in [0.5, 0.6) is 0 Å². The molecule has 1 aliphatic rings. The van der Waals surface area contributed by atoms with Crippen molar-refractivity contribution in [2.75, 3.05) is 4.90 Å². The van der Waals surface area contributed by atoms with Gasteiger partial charge in [0.1, 0.15) is 5.69 Å². The molecule has 0 bridgehead atoms. The summed E-state index contributed by atoms with van der Waals surface area (Å²) in [5.41, 5.74) is 10.2. The summed E-state index contributed by atoms with van der Waals surface area (Å²) in [6.07, 6.45) is 0. The Kier molecular flexibility index (Phi) is 11.2. The first-order valence-electron chi connectivity index (χ1n) is 15.3. The molecule has 0 amide bonds. The van der Waals surface area contributed by atoms with Gasteiger partial charge >= 0.3 is 25.2 Å². The molecule has 2 nitrogen and oxygen atoms in total. The summed E-state index contributed by atoms with van der Waals surface area (Å²) in [6.45, 7) is 22.4. The number of halogens is 1. The van der Waals surface area contributed by atoms with Crippen molar-refractivity contribution < 1.29 is 19.7 Å². The number of nitrogens with zero attached hydrogens (tertiary/aromatic N) is 2. The van der Waals surface area contributed by atoms with E-state index in [1.807, 2.05) is 0 Å². The first-order chi connectivity index (χ1) is 20.7. The van der Waals surface area contributed by atoms with E-state index in [1.54, 1.807) is 0 Å². The molecule has 5 rings (SSSR count). The van der Waals surface area contributed by atoms with Gasteiger partial charge in [-0.1, -0.05) is 146 Å². The number of hydrogen-bond acceptors (Lipinski definition) is 1. The van der Waals surface area contributed by atoms with Crippen molar-refractivity contribution in [3.05, 3.63) is 143 Å².